The number of aryl methyl sites for hydroxylation is 1. The second-order valence-electron chi connectivity index (χ2n) is 4.08. The van der Waals surface area contributed by atoms with E-state index in [0.29, 0.717) is 5.82 Å². The van der Waals surface area contributed by atoms with Crippen molar-refractivity contribution in [1.82, 2.24) is 14.7 Å². The molecule has 0 amide bonds. The molecular formula is C12H11FN4O2S. The van der Waals surface area contributed by atoms with Gasteiger partial charge in [0.15, 0.2) is 5.03 Å². The van der Waals surface area contributed by atoms with Crippen LogP contribution in [0.5, 0.6) is 0 Å². The van der Waals surface area contributed by atoms with Gasteiger partial charge in [0.2, 0.25) is 0 Å². The molecule has 0 spiro atoms. The SMILES string of the molecule is Cc1ncc(S(=O)(=O)NCc2ccc(C#N)cc2F)[nH]1. The van der Waals surface area contributed by atoms with Gasteiger partial charge < -0.3 is 4.98 Å². The Hall–Kier alpha value is -2.24. The van der Waals surface area contributed by atoms with Crippen LogP contribution in [-0.2, 0) is 16.6 Å². The van der Waals surface area contributed by atoms with Crippen LogP contribution in [0, 0.1) is 24.1 Å². The van der Waals surface area contributed by atoms with E-state index in [1.54, 1.807) is 13.0 Å². The lowest BCUT2D eigenvalue weighted by Crippen LogP contribution is -2.24. The van der Waals surface area contributed by atoms with Crippen molar-refractivity contribution < 1.29 is 12.8 Å². The van der Waals surface area contributed by atoms with Crippen LogP contribution in [0.4, 0.5) is 4.39 Å². The Bertz CT molecular complexity index is 777. The molecule has 1 aromatic carbocycles. The summed E-state index contributed by atoms with van der Waals surface area (Å²) in [6, 6.07) is 5.66. The van der Waals surface area contributed by atoms with E-state index in [1.807, 2.05) is 0 Å². The highest BCUT2D eigenvalue weighted by atomic mass is 32.2. The number of hydrogen-bond acceptors (Lipinski definition) is 4. The highest BCUT2D eigenvalue weighted by Gasteiger charge is 2.17. The minimum atomic E-state index is -3.77. The van der Waals surface area contributed by atoms with Crippen molar-refractivity contribution in [1.29, 1.82) is 5.26 Å². The molecule has 6 nitrogen and oxygen atoms in total. The number of hydrogen-bond donors (Lipinski definition) is 2. The van der Waals surface area contributed by atoms with Gasteiger partial charge in [-0.05, 0) is 19.1 Å². The molecule has 0 aliphatic heterocycles. The summed E-state index contributed by atoms with van der Waals surface area (Å²) in [5.74, 6) is -0.164. The molecule has 0 aliphatic carbocycles. The Kier molecular flexibility index (Phi) is 3.83. The van der Waals surface area contributed by atoms with E-state index >= 15 is 0 Å². The highest BCUT2D eigenvalue weighted by molar-refractivity contribution is 7.89. The lowest BCUT2D eigenvalue weighted by atomic mass is 10.1. The molecule has 0 radical (unpaired) electrons. The molecule has 0 saturated heterocycles. The lowest BCUT2D eigenvalue weighted by Gasteiger charge is -2.06. The van der Waals surface area contributed by atoms with Crippen molar-refractivity contribution in [3.05, 3.63) is 47.2 Å². The van der Waals surface area contributed by atoms with Crippen LogP contribution in [0.1, 0.15) is 17.0 Å². The van der Waals surface area contributed by atoms with Gasteiger partial charge in [-0.1, -0.05) is 6.07 Å². The number of nitriles is 1. The number of nitrogens with one attached hydrogen (secondary N) is 2. The van der Waals surface area contributed by atoms with E-state index in [9.17, 15) is 12.8 Å². The summed E-state index contributed by atoms with van der Waals surface area (Å²) < 4.78 is 39.7. The summed E-state index contributed by atoms with van der Waals surface area (Å²) in [5.41, 5.74) is 0.335. The standard InChI is InChI=1S/C12H11FN4O2S/c1-8-15-7-12(17-8)20(18,19)16-6-10-3-2-9(5-14)4-11(10)13/h2-4,7,16H,6H2,1H3,(H,15,17). The maximum absolute atomic E-state index is 13.6. The quantitative estimate of drug-likeness (QED) is 0.885. The number of aromatic nitrogens is 2. The summed E-state index contributed by atoms with van der Waals surface area (Å²) >= 11 is 0. The van der Waals surface area contributed by atoms with Crippen molar-refractivity contribution in [3.8, 4) is 6.07 Å². The van der Waals surface area contributed by atoms with Crippen LogP contribution >= 0.6 is 0 Å². The Morgan fingerprint density at radius 1 is 1.50 bits per heavy atom. The van der Waals surface area contributed by atoms with Crippen LogP contribution in [0.25, 0.3) is 0 Å². The van der Waals surface area contributed by atoms with Crippen LogP contribution < -0.4 is 4.72 Å². The van der Waals surface area contributed by atoms with Crippen molar-refractivity contribution in [3.63, 3.8) is 0 Å². The topological polar surface area (TPSA) is 98.6 Å². The molecule has 1 aromatic heterocycles. The predicted molar refractivity (Wildman–Crippen MR) is 68.5 cm³/mol. The van der Waals surface area contributed by atoms with Crippen LogP contribution in [0.3, 0.4) is 0 Å². The zero-order chi connectivity index (χ0) is 14.8. The van der Waals surface area contributed by atoms with Crippen LogP contribution in [0.15, 0.2) is 29.4 Å². The van der Waals surface area contributed by atoms with E-state index in [2.05, 4.69) is 14.7 Å². The largest absolute Gasteiger partial charge is 0.332 e. The van der Waals surface area contributed by atoms with Gasteiger partial charge in [0.05, 0.1) is 17.8 Å². The molecule has 104 valence electrons. The highest BCUT2D eigenvalue weighted by Crippen LogP contribution is 2.11. The zero-order valence-corrected chi connectivity index (χ0v) is 11.3. The molecule has 1 heterocycles. The number of rotatable bonds is 4. The zero-order valence-electron chi connectivity index (χ0n) is 10.5. The summed E-state index contributed by atoms with van der Waals surface area (Å²) in [7, 11) is -3.77. The third-order valence-electron chi connectivity index (χ3n) is 2.60. The van der Waals surface area contributed by atoms with E-state index < -0.39 is 15.8 Å². The smallest absolute Gasteiger partial charge is 0.257 e. The van der Waals surface area contributed by atoms with Crippen LogP contribution in [0.2, 0.25) is 0 Å². The number of sulfonamides is 1. The van der Waals surface area contributed by atoms with E-state index in [0.717, 1.165) is 6.07 Å². The summed E-state index contributed by atoms with van der Waals surface area (Å²) in [6.07, 6.45) is 1.19. The van der Waals surface area contributed by atoms with E-state index in [4.69, 9.17) is 5.26 Å². The first-order valence-corrected chi connectivity index (χ1v) is 7.10. The second kappa shape index (κ2) is 5.40. The van der Waals surface area contributed by atoms with Crippen LogP contribution in [-0.4, -0.2) is 18.4 Å². The first-order chi connectivity index (χ1) is 9.42. The summed E-state index contributed by atoms with van der Waals surface area (Å²) in [6.45, 7) is 1.41. The molecule has 0 saturated carbocycles. The van der Waals surface area contributed by atoms with Crippen molar-refractivity contribution in [2.24, 2.45) is 0 Å². The minimum absolute atomic E-state index is 0.0796. The molecule has 0 bridgehead atoms. The number of benzene rings is 1. The van der Waals surface area contributed by atoms with Crippen molar-refractivity contribution in [2.45, 2.75) is 18.5 Å². The fraction of sp³-hybridized carbons (Fsp3) is 0.167. The maximum atomic E-state index is 13.6. The Morgan fingerprint density at radius 3 is 2.80 bits per heavy atom. The van der Waals surface area contributed by atoms with Gasteiger partial charge in [-0.15, -0.1) is 0 Å². The van der Waals surface area contributed by atoms with Gasteiger partial charge in [-0.2, -0.15) is 5.26 Å². The molecule has 0 atom stereocenters. The number of imidazole rings is 1. The fourth-order valence-electron chi connectivity index (χ4n) is 1.55. The number of aromatic amines is 1. The van der Waals surface area contributed by atoms with Gasteiger partial charge in [-0.25, -0.2) is 22.5 Å². The monoisotopic (exact) mass is 294 g/mol. The number of nitrogens with zero attached hydrogens (tertiary/aromatic N) is 2. The fourth-order valence-corrected chi connectivity index (χ4v) is 2.52. The number of halogens is 1. The van der Waals surface area contributed by atoms with Gasteiger partial charge in [0, 0.05) is 12.1 Å². The lowest BCUT2D eigenvalue weighted by molar-refractivity contribution is 0.571. The van der Waals surface area contributed by atoms with Crippen molar-refractivity contribution >= 4 is 10.0 Å². The molecule has 8 heteroatoms. The van der Waals surface area contributed by atoms with Gasteiger partial charge in [0.1, 0.15) is 11.6 Å². The summed E-state index contributed by atoms with van der Waals surface area (Å²) in [4.78, 5) is 6.38. The molecular weight excluding hydrogens is 283 g/mol. The molecule has 0 fully saturated rings. The van der Waals surface area contributed by atoms with Gasteiger partial charge >= 0.3 is 0 Å². The second-order valence-corrected chi connectivity index (χ2v) is 5.81. The van der Waals surface area contributed by atoms with E-state index in [1.165, 1.54) is 18.3 Å². The predicted octanol–water partition coefficient (Wildman–Crippen LogP) is 1.21. The molecule has 2 aromatic rings. The molecule has 20 heavy (non-hydrogen) atoms. The number of H-pyrrole nitrogens is 1. The van der Waals surface area contributed by atoms with Crippen molar-refractivity contribution in [2.75, 3.05) is 0 Å². The normalized spacial score (nSPS) is 11.2. The molecule has 2 rings (SSSR count). The molecule has 0 aliphatic rings. The Balaban J connectivity index is 2.15. The third-order valence-corrected chi connectivity index (χ3v) is 3.91. The first-order valence-electron chi connectivity index (χ1n) is 5.62. The maximum Gasteiger partial charge on any atom is 0.257 e. The summed E-state index contributed by atoms with van der Waals surface area (Å²) in [5, 5.41) is 8.54. The van der Waals surface area contributed by atoms with Gasteiger partial charge in [-0.3, -0.25) is 0 Å². The van der Waals surface area contributed by atoms with Gasteiger partial charge in [0.25, 0.3) is 10.0 Å². The average molecular weight is 294 g/mol. The molecule has 0 unspecified atom stereocenters. The third kappa shape index (κ3) is 3.01. The Morgan fingerprint density at radius 2 is 2.25 bits per heavy atom. The minimum Gasteiger partial charge on any atom is -0.332 e. The van der Waals surface area contributed by atoms with E-state index in [-0.39, 0.29) is 22.7 Å². The first kappa shape index (κ1) is 14.2. The molecule has 2 N–H and O–H groups in total. The Labute approximate surface area is 115 Å². The average Bonchev–Trinajstić information content (AvgIpc) is 2.85.